The molecule has 1 fully saturated rings. The highest BCUT2D eigenvalue weighted by atomic mass is 16.3. The van der Waals surface area contributed by atoms with E-state index in [1.807, 2.05) is 6.92 Å². The smallest absolute Gasteiger partial charge is 0.0912 e. The number of likely N-dealkylation sites (tertiary alicyclic amines) is 1. The molecule has 1 aromatic carbocycles. The number of piperidine rings is 1. The van der Waals surface area contributed by atoms with Crippen LogP contribution in [0.15, 0.2) is 18.2 Å². The standard InChI is InChI=1S/C20H28N2O2/c1-3-7-22-10-13(11-23)8-15-14-5-4-6-17-19(14)16(9-18(15)22)20(21-17)12(2)24/h4-6,12-13,15,18,21,23-24H,3,7-11H2,1-2H3/t12?,13-,15-,18-/m1/s1. The van der Waals surface area contributed by atoms with Gasteiger partial charge >= 0.3 is 0 Å². The Morgan fingerprint density at radius 3 is 2.92 bits per heavy atom. The molecule has 0 spiro atoms. The number of nitrogens with zero attached hydrogens (tertiary/aromatic N) is 1. The van der Waals surface area contributed by atoms with E-state index in [2.05, 4.69) is 35.0 Å². The van der Waals surface area contributed by atoms with Crippen LogP contribution in [0.25, 0.3) is 10.9 Å². The molecule has 1 saturated heterocycles. The first-order chi connectivity index (χ1) is 11.6. The number of fused-ring (bicyclic) bond motifs is 2. The lowest BCUT2D eigenvalue weighted by atomic mass is 9.72. The number of benzene rings is 1. The van der Waals surface area contributed by atoms with E-state index in [1.165, 1.54) is 16.5 Å². The zero-order valence-corrected chi connectivity index (χ0v) is 14.6. The maximum absolute atomic E-state index is 10.2. The summed E-state index contributed by atoms with van der Waals surface area (Å²) >= 11 is 0. The number of hydrogen-bond donors (Lipinski definition) is 3. The molecule has 130 valence electrons. The summed E-state index contributed by atoms with van der Waals surface area (Å²) in [6.07, 6.45) is 2.73. The second kappa shape index (κ2) is 6.17. The van der Waals surface area contributed by atoms with Gasteiger partial charge in [-0.3, -0.25) is 4.90 Å². The van der Waals surface area contributed by atoms with Crippen molar-refractivity contribution in [3.8, 4) is 0 Å². The largest absolute Gasteiger partial charge is 0.396 e. The number of nitrogens with one attached hydrogen (secondary N) is 1. The molecule has 4 heteroatoms. The Labute approximate surface area is 143 Å². The SMILES string of the molecule is CCCN1C[C@H](CO)C[C@@H]2c3cccc4[nH]c(C(C)O)c(c34)C[C@H]21. The van der Waals surface area contributed by atoms with Gasteiger partial charge in [0.1, 0.15) is 0 Å². The molecule has 24 heavy (non-hydrogen) atoms. The first-order valence-electron chi connectivity index (χ1n) is 9.30. The highest BCUT2D eigenvalue weighted by molar-refractivity contribution is 5.89. The summed E-state index contributed by atoms with van der Waals surface area (Å²) in [5.41, 5.74) is 4.84. The Bertz CT molecular complexity index is 737. The van der Waals surface area contributed by atoms with Crippen LogP contribution in [-0.4, -0.2) is 45.8 Å². The number of aliphatic hydroxyl groups excluding tert-OH is 2. The molecule has 0 saturated carbocycles. The quantitative estimate of drug-likeness (QED) is 0.809. The summed E-state index contributed by atoms with van der Waals surface area (Å²) in [5, 5.41) is 21.3. The minimum atomic E-state index is -0.467. The lowest BCUT2D eigenvalue weighted by Crippen LogP contribution is -2.50. The molecule has 0 radical (unpaired) electrons. The fraction of sp³-hybridized carbons (Fsp3) is 0.600. The molecule has 1 unspecified atom stereocenters. The average molecular weight is 328 g/mol. The third-order valence-corrected chi connectivity index (χ3v) is 6.01. The first kappa shape index (κ1) is 16.1. The first-order valence-corrected chi connectivity index (χ1v) is 9.30. The third kappa shape index (κ3) is 2.40. The second-order valence-corrected chi connectivity index (χ2v) is 7.62. The van der Waals surface area contributed by atoms with E-state index in [4.69, 9.17) is 0 Å². The molecule has 1 aliphatic heterocycles. The van der Waals surface area contributed by atoms with Crippen LogP contribution in [-0.2, 0) is 6.42 Å². The van der Waals surface area contributed by atoms with Crippen LogP contribution < -0.4 is 0 Å². The molecule has 2 heterocycles. The zero-order chi connectivity index (χ0) is 16.8. The molecule has 4 atom stereocenters. The van der Waals surface area contributed by atoms with Crippen LogP contribution in [0.1, 0.15) is 55.5 Å². The summed E-state index contributed by atoms with van der Waals surface area (Å²) in [7, 11) is 0. The van der Waals surface area contributed by atoms with Crippen molar-refractivity contribution >= 4 is 10.9 Å². The van der Waals surface area contributed by atoms with Crippen molar-refractivity contribution in [3.63, 3.8) is 0 Å². The van der Waals surface area contributed by atoms with Crippen LogP contribution >= 0.6 is 0 Å². The minimum Gasteiger partial charge on any atom is -0.396 e. The van der Waals surface area contributed by atoms with Gasteiger partial charge in [-0.05, 0) is 55.8 Å². The Balaban J connectivity index is 1.85. The van der Waals surface area contributed by atoms with E-state index in [0.29, 0.717) is 17.9 Å². The minimum absolute atomic E-state index is 0.276. The van der Waals surface area contributed by atoms with E-state index in [9.17, 15) is 10.2 Å². The molecular formula is C20H28N2O2. The van der Waals surface area contributed by atoms with Crippen molar-refractivity contribution < 1.29 is 10.2 Å². The molecule has 2 aromatic rings. The van der Waals surface area contributed by atoms with E-state index in [-0.39, 0.29) is 6.61 Å². The van der Waals surface area contributed by atoms with Gasteiger partial charge < -0.3 is 15.2 Å². The normalized spacial score (nSPS) is 28.1. The van der Waals surface area contributed by atoms with Gasteiger partial charge in [-0.1, -0.05) is 19.1 Å². The highest BCUT2D eigenvalue weighted by Gasteiger charge is 2.41. The predicted molar refractivity (Wildman–Crippen MR) is 96.2 cm³/mol. The topological polar surface area (TPSA) is 59.5 Å². The predicted octanol–water partition coefficient (Wildman–Crippen LogP) is 2.95. The van der Waals surface area contributed by atoms with Crippen LogP contribution in [0.4, 0.5) is 0 Å². The van der Waals surface area contributed by atoms with Crippen molar-refractivity contribution in [1.82, 2.24) is 9.88 Å². The summed E-state index contributed by atoms with van der Waals surface area (Å²) in [6, 6.07) is 6.98. The number of rotatable bonds is 4. The monoisotopic (exact) mass is 328 g/mol. The molecule has 1 aliphatic carbocycles. The molecule has 2 aliphatic rings. The van der Waals surface area contributed by atoms with E-state index in [1.54, 1.807) is 0 Å². The maximum atomic E-state index is 10.2. The number of hydrogen-bond acceptors (Lipinski definition) is 3. The van der Waals surface area contributed by atoms with Gasteiger partial charge in [0, 0.05) is 41.7 Å². The summed E-state index contributed by atoms with van der Waals surface area (Å²) in [6.45, 7) is 6.42. The second-order valence-electron chi connectivity index (χ2n) is 7.62. The van der Waals surface area contributed by atoms with Crippen molar-refractivity contribution in [1.29, 1.82) is 0 Å². The van der Waals surface area contributed by atoms with Gasteiger partial charge in [0.2, 0.25) is 0 Å². The molecule has 4 nitrogen and oxygen atoms in total. The van der Waals surface area contributed by atoms with E-state index < -0.39 is 6.10 Å². The summed E-state index contributed by atoms with van der Waals surface area (Å²) in [4.78, 5) is 6.04. The summed E-state index contributed by atoms with van der Waals surface area (Å²) in [5.74, 6) is 0.848. The van der Waals surface area contributed by atoms with Crippen LogP contribution in [0.2, 0.25) is 0 Å². The number of aliphatic hydroxyl groups is 2. The Morgan fingerprint density at radius 2 is 2.21 bits per heavy atom. The van der Waals surface area contributed by atoms with Gasteiger partial charge in [0.25, 0.3) is 0 Å². The molecule has 0 bridgehead atoms. The Morgan fingerprint density at radius 1 is 1.38 bits per heavy atom. The van der Waals surface area contributed by atoms with Gasteiger partial charge in [0.15, 0.2) is 0 Å². The van der Waals surface area contributed by atoms with Gasteiger partial charge in [-0.25, -0.2) is 0 Å². The van der Waals surface area contributed by atoms with Crippen LogP contribution in [0, 0.1) is 5.92 Å². The van der Waals surface area contributed by atoms with Gasteiger partial charge in [-0.2, -0.15) is 0 Å². The molecular weight excluding hydrogens is 300 g/mol. The Hall–Kier alpha value is -1.36. The lowest BCUT2D eigenvalue weighted by molar-refractivity contribution is 0.0567. The molecule has 1 aromatic heterocycles. The van der Waals surface area contributed by atoms with Crippen LogP contribution in [0.3, 0.4) is 0 Å². The molecule has 4 rings (SSSR count). The van der Waals surface area contributed by atoms with E-state index >= 15 is 0 Å². The van der Waals surface area contributed by atoms with Crippen molar-refractivity contribution in [3.05, 3.63) is 35.0 Å². The fourth-order valence-electron chi connectivity index (χ4n) is 5.05. The van der Waals surface area contributed by atoms with Gasteiger partial charge in [-0.15, -0.1) is 0 Å². The van der Waals surface area contributed by atoms with E-state index in [0.717, 1.165) is 43.6 Å². The Kier molecular flexibility index (Phi) is 4.15. The fourth-order valence-corrected chi connectivity index (χ4v) is 5.05. The number of H-pyrrole nitrogens is 1. The average Bonchev–Trinajstić information content (AvgIpc) is 2.96. The zero-order valence-electron chi connectivity index (χ0n) is 14.6. The van der Waals surface area contributed by atoms with Crippen molar-refractivity contribution in [2.75, 3.05) is 19.7 Å². The van der Waals surface area contributed by atoms with Gasteiger partial charge in [0.05, 0.1) is 6.10 Å². The van der Waals surface area contributed by atoms with Crippen molar-refractivity contribution in [2.24, 2.45) is 5.92 Å². The third-order valence-electron chi connectivity index (χ3n) is 6.01. The molecule has 0 amide bonds. The number of aromatic nitrogens is 1. The number of aromatic amines is 1. The van der Waals surface area contributed by atoms with Crippen LogP contribution in [0.5, 0.6) is 0 Å². The highest BCUT2D eigenvalue weighted by Crippen LogP contribution is 2.46. The van der Waals surface area contributed by atoms with Crippen molar-refractivity contribution in [2.45, 2.75) is 51.2 Å². The summed E-state index contributed by atoms with van der Waals surface area (Å²) < 4.78 is 0. The maximum Gasteiger partial charge on any atom is 0.0912 e. The molecule has 3 N–H and O–H groups in total. The lowest BCUT2D eigenvalue weighted by Gasteiger charge is -2.47.